The number of hydrogen-bond acceptors (Lipinski definition) is 1. The Balaban J connectivity index is 1.81. The standard InChI is InChI=1S/C28H21F2N2/c1-18-16-22(30)14-15-23(18)28-27(20-10-12-21(29)13-11-20)31-26(17-32(28)2)25-9-5-7-19-6-3-4-8-24(19)25/h3-17H,1-2H3/q+1. The highest BCUT2D eigenvalue weighted by atomic mass is 19.1. The van der Waals surface area contributed by atoms with Crippen molar-refractivity contribution in [1.82, 2.24) is 4.98 Å². The van der Waals surface area contributed by atoms with E-state index in [1.807, 2.05) is 42.9 Å². The zero-order valence-electron chi connectivity index (χ0n) is 17.8. The molecule has 0 saturated heterocycles. The lowest BCUT2D eigenvalue weighted by Gasteiger charge is -2.13. The van der Waals surface area contributed by atoms with Crippen molar-refractivity contribution >= 4 is 10.8 Å². The van der Waals surface area contributed by atoms with Crippen LogP contribution in [-0.4, -0.2) is 4.98 Å². The molecule has 156 valence electrons. The normalized spacial score (nSPS) is 11.1. The van der Waals surface area contributed by atoms with E-state index in [9.17, 15) is 8.78 Å². The van der Waals surface area contributed by atoms with Gasteiger partial charge in [0.25, 0.3) is 0 Å². The number of aromatic nitrogens is 2. The van der Waals surface area contributed by atoms with Crippen molar-refractivity contribution in [3.05, 3.63) is 108 Å². The topological polar surface area (TPSA) is 16.8 Å². The molecule has 0 aliphatic heterocycles. The first kappa shape index (κ1) is 20.0. The van der Waals surface area contributed by atoms with Crippen molar-refractivity contribution in [3.8, 4) is 33.8 Å². The Hall–Kier alpha value is -3.92. The molecule has 0 atom stereocenters. The van der Waals surface area contributed by atoms with Gasteiger partial charge in [-0.1, -0.05) is 42.5 Å². The minimum atomic E-state index is -0.303. The average molecular weight is 423 g/mol. The summed E-state index contributed by atoms with van der Waals surface area (Å²) in [5, 5.41) is 2.24. The van der Waals surface area contributed by atoms with Crippen LogP contribution >= 0.6 is 0 Å². The van der Waals surface area contributed by atoms with Crippen LogP contribution in [0.1, 0.15) is 5.56 Å². The summed E-state index contributed by atoms with van der Waals surface area (Å²) in [7, 11) is 1.96. The molecular formula is C28H21F2N2+. The first-order valence-electron chi connectivity index (χ1n) is 10.4. The highest BCUT2D eigenvalue weighted by Crippen LogP contribution is 2.34. The molecule has 5 aromatic rings. The van der Waals surface area contributed by atoms with E-state index in [1.54, 1.807) is 18.2 Å². The fraction of sp³-hybridized carbons (Fsp3) is 0.0714. The van der Waals surface area contributed by atoms with Crippen LogP contribution in [0.4, 0.5) is 8.78 Å². The van der Waals surface area contributed by atoms with Gasteiger partial charge in [0, 0.05) is 11.1 Å². The summed E-state index contributed by atoms with van der Waals surface area (Å²) in [5.74, 6) is -0.583. The van der Waals surface area contributed by atoms with Gasteiger partial charge in [-0.2, -0.15) is 4.57 Å². The number of benzene rings is 4. The molecular weight excluding hydrogens is 402 g/mol. The molecule has 0 saturated carbocycles. The molecule has 0 aliphatic carbocycles. The van der Waals surface area contributed by atoms with E-state index in [2.05, 4.69) is 24.3 Å². The van der Waals surface area contributed by atoms with Crippen molar-refractivity contribution in [2.75, 3.05) is 0 Å². The molecule has 0 N–H and O–H groups in total. The largest absolute Gasteiger partial charge is 0.239 e. The molecule has 4 heteroatoms. The molecule has 0 aliphatic rings. The van der Waals surface area contributed by atoms with Crippen molar-refractivity contribution in [3.63, 3.8) is 0 Å². The lowest BCUT2D eigenvalue weighted by atomic mass is 9.98. The Labute approximate surface area is 185 Å². The molecule has 4 aromatic carbocycles. The van der Waals surface area contributed by atoms with Crippen LogP contribution < -0.4 is 4.57 Å². The van der Waals surface area contributed by atoms with Gasteiger partial charge in [0.15, 0.2) is 6.20 Å². The summed E-state index contributed by atoms with van der Waals surface area (Å²) in [4.78, 5) is 5.06. The fourth-order valence-electron chi connectivity index (χ4n) is 4.22. The van der Waals surface area contributed by atoms with Crippen LogP contribution in [-0.2, 0) is 7.05 Å². The molecule has 1 heterocycles. The third kappa shape index (κ3) is 3.54. The summed E-state index contributed by atoms with van der Waals surface area (Å²) < 4.78 is 29.5. The smallest absolute Gasteiger partial charge is 0.234 e. The molecule has 5 rings (SSSR count). The van der Waals surface area contributed by atoms with Crippen molar-refractivity contribution in [2.24, 2.45) is 7.05 Å². The number of hydrogen-bond donors (Lipinski definition) is 0. The van der Waals surface area contributed by atoms with Crippen molar-refractivity contribution in [2.45, 2.75) is 6.92 Å². The van der Waals surface area contributed by atoms with Gasteiger partial charge in [0.2, 0.25) is 5.69 Å². The van der Waals surface area contributed by atoms with Gasteiger partial charge in [-0.25, -0.2) is 13.8 Å². The van der Waals surface area contributed by atoms with Gasteiger partial charge >= 0.3 is 0 Å². The van der Waals surface area contributed by atoms with Gasteiger partial charge in [-0.3, -0.25) is 0 Å². The molecule has 1 aromatic heterocycles. The van der Waals surface area contributed by atoms with Gasteiger partial charge in [0.05, 0.1) is 5.56 Å². The molecule has 0 amide bonds. The predicted octanol–water partition coefficient (Wildman–Crippen LogP) is 6.65. The van der Waals surface area contributed by atoms with Gasteiger partial charge in [-0.15, -0.1) is 0 Å². The lowest BCUT2D eigenvalue weighted by Crippen LogP contribution is -2.32. The maximum absolute atomic E-state index is 13.8. The number of nitrogens with zero attached hydrogens (tertiary/aromatic N) is 2. The lowest BCUT2D eigenvalue weighted by molar-refractivity contribution is -0.659. The molecule has 0 fully saturated rings. The first-order valence-corrected chi connectivity index (χ1v) is 10.4. The highest BCUT2D eigenvalue weighted by molar-refractivity contribution is 5.96. The van der Waals surface area contributed by atoms with Gasteiger partial charge < -0.3 is 0 Å². The summed E-state index contributed by atoms with van der Waals surface area (Å²) in [6, 6.07) is 25.4. The third-order valence-electron chi connectivity index (χ3n) is 5.75. The second-order valence-corrected chi connectivity index (χ2v) is 7.93. The van der Waals surface area contributed by atoms with E-state index in [4.69, 9.17) is 4.98 Å². The Bertz CT molecular complexity index is 1450. The van der Waals surface area contributed by atoms with Gasteiger partial charge in [0.1, 0.15) is 30.1 Å². The molecule has 0 radical (unpaired) electrons. The Morgan fingerprint density at radius 2 is 1.47 bits per heavy atom. The second kappa shape index (κ2) is 7.97. The zero-order chi connectivity index (χ0) is 22.2. The van der Waals surface area contributed by atoms with Crippen molar-refractivity contribution in [1.29, 1.82) is 0 Å². The van der Waals surface area contributed by atoms with Gasteiger partial charge in [-0.05, 0) is 65.7 Å². The molecule has 0 spiro atoms. The third-order valence-corrected chi connectivity index (χ3v) is 5.75. The van der Waals surface area contributed by atoms with Crippen LogP contribution in [0.5, 0.6) is 0 Å². The van der Waals surface area contributed by atoms with Crippen LogP contribution in [0.25, 0.3) is 44.5 Å². The maximum Gasteiger partial charge on any atom is 0.239 e. The SMILES string of the molecule is Cc1cc(F)ccc1-c1c(-c2ccc(F)cc2)nc(-c2cccc3ccccc23)c[n+]1C. The highest BCUT2D eigenvalue weighted by Gasteiger charge is 2.24. The van der Waals surface area contributed by atoms with Crippen molar-refractivity contribution < 1.29 is 13.3 Å². The minimum Gasteiger partial charge on any atom is -0.234 e. The molecule has 0 unspecified atom stereocenters. The molecule has 2 nitrogen and oxygen atoms in total. The Kier molecular flexibility index (Phi) is 4.98. The van der Waals surface area contributed by atoms with Crippen LogP contribution in [0.2, 0.25) is 0 Å². The number of fused-ring (bicyclic) bond motifs is 1. The van der Waals surface area contributed by atoms with E-state index in [0.717, 1.165) is 44.4 Å². The quantitative estimate of drug-likeness (QED) is 0.297. The Morgan fingerprint density at radius 3 is 2.25 bits per heavy atom. The van der Waals surface area contributed by atoms with Crippen LogP contribution in [0.15, 0.2) is 91.1 Å². The summed E-state index contributed by atoms with van der Waals surface area (Å²) in [6.07, 6.45) is 1.99. The minimum absolute atomic E-state index is 0.280. The van der Waals surface area contributed by atoms with E-state index < -0.39 is 0 Å². The van der Waals surface area contributed by atoms with Crippen LogP contribution in [0, 0.1) is 18.6 Å². The summed E-state index contributed by atoms with van der Waals surface area (Å²) in [6.45, 7) is 1.88. The van der Waals surface area contributed by atoms with E-state index in [1.165, 1.54) is 24.3 Å². The van der Waals surface area contributed by atoms with E-state index >= 15 is 0 Å². The summed E-state index contributed by atoms with van der Waals surface area (Å²) in [5.41, 5.74) is 5.87. The first-order chi connectivity index (χ1) is 15.5. The van der Waals surface area contributed by atoms with E-state index in [0.29, 0.717) is 5.69 Å². The number of rotatable bonds is 3. The van der Waals surface area contributed by atoms with E-state index in [-0.39, 0.29) is 11.6 Å². The van der Waals surface area contributed by atoms with Crippen LogP contribution in [0.3, 0.4) is 0 Å². The number of halogens is 2. The fourth-order valence-corrected chi connectivity index (χ4v) is 4.22. The molecule has 32 heavy (non-hydrogen) atoms. The molecule has 0 bridgehead atoms. The number of aryl methyl sites for hydroxylation is 2. The monoisotopic (exact) mass is 423 g/mol. The zero-order valence-corrected chi connectivity index (χ0v) is 17.8. The maximum atomic E-state index is 13.8. The summed E-state index contributed by atoms with van der Waals surface area (Å²) >= 11 is 0. The Morgan fingerprint density at radius 1 is 0.750 bits per heavy atom. The average Bonchev–Trinajstić information content (AvgIpc) is 2.79. The second-order valence-electron chi connectivity index (χ2n) is 7.93. The predicted molar refractivity (Wildman–Crippen MR) is 124 cm³/mol.